The second-order valence-electron chi connectivity index (χ2n) is 4.00. The van der Waals surface area contributed by atoms with Gasteiger partial charge in [-0.3, -0.25) is 0 Å². The van der Waals surface area contributed by atoms with Crippen molar-refractivity contribution in [2.45, 2.75) is 13.3 Å². The van der Waals surface area contributed by atoms with Gasteiger partial charge in [-0.2, -0.15) is 9.59 Å². The van der Waals surface area contributed by atoms with Crippen molar-refractivity contribution < 1.29 is 9.59 Å². The van der Waals surface area contributed by atoms with Gasteiger partial charge in [-0.05, 0) is 36.2 Å². The van der Waals surface area contributed by atoms with Crippen LogP contribution in [-0.4, -0.2) is 13.2 Å². The number of hydrogen-bond donors (Lipinski definition) is 0. The first-order chi connectivity index (χ1) is 9.22. The molecule has 0 saturated carbocycles. The van der Waals surface area contributed by atoms with E-state index in [0.29, 0.717) is 0 Å². The van der Waals surface area contributed by atoms with Gasteiger partial charge in [0.15, 0.2) is 0 Å². The Balaban J connectivity index is 0.000000550. The summed E-state index contributed by atoms with van der Waals surface area (Å²) >= 11 is 0. The van der Waals surface area contributed by atoms with Crippen molar-refractivity contribution in [1.82, 2.24) is 0 Å². The molecule has 0 fully saturated rings. The summed E-state index contributed by atoms with van der Waals surface area (Å²) in [5, 5.41) is 0. The second kappa shape index (κ2) is 7.85. The van der Waals surface area contributed by atoms with E-state index in [1.54, 1.807) is 0 Å². The first-order valence-electron chi connectivity index (χ1n) is 6.10. The van der Waals surface area contributed by atoms with E-state index in [2.05, 4.69) is 67.4 Å². The molecule has 0 aliphatic rings. The Bertz CT molecular complexity index is 514. The molecule has 98 valence electrons. The van der Waals surface area contributed by atoms with E-state index in [1.165, 1.54) is 16.9 Å². The van der Waals surface area contributed by atoms with E-state index in [4.69, 9.17) is 9.59 Å². The first-order valence-corrected chi connectivity index (χ1v) is 6.10. The van der Waals surface area contributed by atoms with E-state index in [9.17, 15) is 0 Å². The number of para-hydroxylation sites is 1. The molecule has 2 rings (SSSR count). The summed E-state index contributed by atoms with van der Waals surface area (Å²) in [6.07, 6.45) is 1.34. The van der Waals surface area contributed by atoms with Crippen LogP contribution in [0.5, 0.6) is 0 Å². The topological polar surface area (TPSA) is 37.4 Å². The van der Waals surface area contributed by atoms with Crippen LogP contribution in [0.1, 0.15) is 12.5 Å². The summed E-state index contributed by atoms with van der Waals surface area (Å²) in [5.41, 5.74) is 3.82. The standard InChI is InChI=1S/C15H17N.CO2/c1-3-13-9-11-15(12-10-13)16(2)14-7-5-4-6-8-14;2-1-3/h4-12H,3H2,1-2H3;. The smallest absolute Gasteiger partial charge is 0.345 e. The zero-order valence-corrected chi connectivity index (χ0v) is 11.2. The molecule has 0 heterocycles. The van der Waals surface area contributed by atoms with E-state index in [1.807, 2.05) is 6.07 Å². The molecule has 0 bridgehead atoms. The summed E-state index contributed by atoms with van der Waals surface area (Å²) in [7, 11) is 2.09. The minimum atomic E-state index is 0.250. The van der Waals surface area contributed by atoms with Gasteiger partial charge in [-0.15, -0.1) is 0 Å². The molecule has 0 atom stereocenters. The van der Waals surface area contributed by atoms with Gasteiger partial charge in [-0.1, -0.05) is 37.3 Å². The molecule has 0 aliphatic carbocycles. The summed E-state index contributed by atoms with van der Waals surface area (Å²) < 4.78 is 0. The van der Waals surface area contributed by atoms with Crippen LogP contribution >= 0.6 is 0 Å². The maximum Gasteiger partial charge on any atom is 0.373 e. The van der Waals surface area contributed by atoms with Crippen molar-refractivity contribution in [3.8, 4) is 0 Å². The molecule has 2 aromatic rings. The van der Waals surface area contributed by atoms with Crippen LogP contribution < -0.4 is 4.90 Å². The largest absolute Gasteiger partial charge is 0.373 e. The predicted octanol–water partition coefficient (Wildman–Crippen LogP) is 3.43. The zero-order valence-electron chi connectivity index (χ0n) is 11.2. The van der Waals surface area contributed by atoms with Crippen molar-refractivity contribution in [2.24, 2.45) is 0 Å². The number of carbonyl (C=O) groups excluding carboxylic acids is 2. The lowest BCUT2D eigenvalue weighted by atomic mass is 10.1. The van der Waals surface area contributed by atoms with E-state index in [0.717, 1.165) is 6.42 Å². The van der Waals surface area contributed by atoms with Gasteiger partial charge in [-0.25, -0.2) is 0 Å². The molecule has 0 N–H and O–H groups in total. The first kappa shape index (κ1) is 14.7. The lowest BCUT2D eigenvalue weighted by molar-refractivity contribution is -0.191. The molecule has 19 heavy (non-hydrogen) atoms. The van der Waals surface area contributed by atoms with Gasteiger partial charge >= 0.3 is 6.15 Å². The van der Waals surface area contributed by atoms with Crippen molar-refractivity contribution in [1.29, 1.82) is 0 Å². The molecular formula is C16H17NO2. The molecule has 0 spiro atoms. The average molecular weight is 255 g/mol. The molecule has 3 nitrogen and oxygen atoms in total. The minimum absolute atomic E-state index is 0.250. The average Bonchev–Trinajstić information content (AvgIpc) is 2.48. The van der Waals surface area contributed by atoms with Gasteiger partial charge in [0, 0.05) is 18.4 Å². The molecular weight excluding hydrogens is 238 g/mol. The van der Waals surface area contributed by atoms with E-state index in [-0.39, 0.29) is 6.15 Å². The van der Waals surface area contributed by atoms with Crippen LogP contribution in [-0.2, 0) is 16.0 Å². The number of anilines is 2. The fourth-order valence-corrected chi connectivity index (χ4v) is 1.76. The van der Waals surface area contributed by atoms with Gasteiger partial charge < -0.3 is 4.90 Å². The lowest BCUT2D eigenvalue weighted by Crippen LogP contribution is -2.08. The molecule has 0 aromatic heterocycles. The fourth-order valence-electron chi connectivity index (χ4n) is 1.76. The maximum atomic E-state index is 8.12. The monoisotopic (exact) mass is 255 g/mol. The minimum Gasteiger partial charge on any atom is -0.345 e. The number of aryl methyl sites for hydroxylation is 1. The van der Waals surface area contributed by atoms with E-state index >= 15 is 0 Å². The Labute approximate surface area is 113 Å². The highest BCUT2D eigenvalue weighted by Gasteiger charge is 2.02. The fraction of sp³-hybridized carbons (Fsp3) is 0.188. The Morgan fingerprint density at radius 3 is 1.84 bits per heavy atom. The SMILES string of the molecule is CCc1ccc(N(C)c2ccccc2)cc1.O=C=O. The molecule has 2 aromatic carbocycles. The lowest BCUT2D eigenvalue weighted by Gasteiger charge is -2.19. The van der Waals surface area contributed by atoms with Crippen LogP contribution in [0.25, 0.3) is 0 Å². The van der Waals surface area contributed by atoms with Crippen LogP contribution in [0, 0.1) is 0 Å². The Kier molecular flexibility index (Phi) is 6.07. The highest BCUT2D eigenvalue weighted by molar-refractivity contribution is 5.62. The van der Waals surface area contributed by atoms with Crippen molar-refractivity contribution >= 4 is 17.5 Å². The van der Waals surface area contributed by atoms with Gasteiger partial charge in [0.05, 0.1) is 0 Å². The third-order valence-corrected chi connectivity index (χ3v) is 2.88. The van der Waals surface area contributed by atoms with Gasteiger partial charge in [0.25, 0.3) is 0 Å². The molecule has 0 radical (unpaired) electrons. The third kappa shape index (κ3) is 4.41. The van der Waals surface area contributed by atoms with Gasteiger partial charge in [0.2, 0.25) is 0 Å². The Morgan fingerprint density at radius 1 is 0.895 bits per heavy atom. The maximum absolute atomic E-state index is 8.12. The van der Waals surface area contributed by atoms with Crippen LogP contribution in [0.2, 0.25) is 0 Å². The van der Waals surface area contributed by atoms with Gasteiger partial charge in [0.1, 0.15) is 0 Å². The van der Waals surface area contributed by atoms with E-state index < -0.39 is 0 Å². The summed E-state index contributed by atoms with van der Waals surface area (Å²) in [6.45, 7) is 2.18. The molecule has 0 amide bonds. The Hall–Kier alpha value is -2.38. The second-order valence-corrected chi connectivity index (χ2v) is 4.00. The summed E-state index contributed by atoms with van der Waals surface area (Å²) in [5.74, 6) is 0. The highest BCUT2D eigenvalue weighted by Crippen LogP contribution is 2.23. The third-order valence-electron chi connectivity index (χ3n) is 2.88. The molecule has 3 heteroatoms. The summed E-state index contributed by atoms with van der Waals surface area (Å²) in [4.78, 5) is 18.4. The normalized spacial score (nSPS) is 8.95. The molecule has 0 saturated heterocycles. The van der Waals surface area contributed by atoms with Crippen molar-refractivity contribution in [3.63, 3.8) is 0 Å². The van der Waals surface area contributed by atoms with Crippen molar-refractivity contribution in [2.75, 3.05) is 11.9 Å². The van der Waals surface area contributed by atoms with Crippen molar-refractivity contribution in [3.05, 3.63) is 60.2 Å². The number of benzene rings is 2. The Morgan fingerprint density at radius 2 is 1.37 bits per heavy atom. The number of rotatable bonds is 3. The zero-order chi connectivity index (χ0) is 14.1. The van der Waals surface area contributed by atoms with Crippen LogP contribution in [0.15, 0.2) is 54.6 Å². The predicted molar refractivity (Wildman–Crippen MR) is 75.3 cm³/mol. The number of hydrogen-bond acceptors (Lipinski definition) is 3. The van der Waals surface area contributed by atoms with Crippen LogP contribution in [0.4, 0.5) is 11.4 Å². The molecule has 0 aliphatic heterocycles. The quantitative estimate of drug-likeness (QED) is 0.843. The summed E-state index contributed by atoms with van der Waals surface area (Å²) in [6, 6.07) is 19.1. The molecule has 0 unspecified atom stereocenters. The number of nitrogens with zero attached hydrogens (tertiary/aromatic N) is 1. The van der Waals surface area contributed by atoms with Crippen LogP contribution in [0.3, 0.4) is 0 Å². The highest BCUT2D eigenvalue weighted by atomic mass is 16.2.